The van der Waals surface area contributed by atoms with E-state index in [1.165, 1.54) is 30.8 Å². The molecular formula is C13H15ClN3OS+. The van der Waals surface area contributed by atoms with Crippen molar-refractivity contribution in [2.24, 2.45) is 0 Å². The van der Waals surface area contributed by atoms with Gasteiger partial charge in [0.25, 0.3) is 4.84 Å². The van der Waals surface area contributed by atoms with Crippen molar-refractivity contribution in [1.82, 2.24) is 9.78 Å². The van der Waals surface area contributed by atoms with Gasteiger partial charge in [-0.15, -0.1) is 5.10 Å². The number of halogens is 1. The summed E-state index contributed by atoms with van der Waals surface area (Å²) in [7, 11) is 0. The van der Waals surface area contributed by atoms with E-state index < -0.39 is 0 Å². The number of hydrogen-bond acceptors (Lipinski definition) is 3. The average molecular weight is 297 g/mol. The molecular weight excluding hydrogens is 282 g/mol. The molecule has 1 fully saturated rings. The third kappa shape index (κ3) is 2.88. The van der Waals surface area contributed by atoms with Gasteiger partial charge in [0.1, 0.15) is 0 Å². The SMILES string of the molecule is S=c1oc(-c2cccc(Cl)c2)nn1C[NH+]1CCCC1. The van der Waals surface area contributed by atoms with Gasteiger partial charge in [-0.2, -0.15) is 4.68 Å². The third-order valence-corrected chi connectivity index (χ3v) is 3.89. The summed E-state index contributed by atoms with van der Waals surface area (Å²) in [5, 5.41) is 5.12. The van der Waals surface area contributed by atoms with E-state index in [0.717, 1.165) is 12.2 Å². The summed E-state index contributed by atoms with van der Waals surface area (Å²) >= 11 is 11.2. The summed E-state index contributed by atoms with van der Waals surface area (Å²) in [6.45, 7) is 3.14. The van der Waals surface area contributed by atoms with Gasteiger partial charge in [-0.1, -0.05) is 17.7 Å². The summed E-state index contributed by atoms with van der Waals surface area (Å²) in [6, 6.07) is 7.45. The summed E-state index contributed by atoms with van der Waals surface area (Å²) in [5.74, 6) is 0.533. The highest BCUT2D eigenvalue weighted by Crippen LogP contribution is 2.21. The minimum absolute atomic E-state index is 0.425. The van der Waals surface area contributed by atoms with Crippen molar-refractivity contribution in [3.05, 3.63) is 34.1 Å². The maximum atomic E-state index is 5.97. The molecule has 19 heavy (non-hydrogen) atoms. The Kier molecular flexibility index (Phi) is 3.68. The fourth-order valence-electron chi connectivity index (χ4n) is 2.39. The molecule has 0 unspecified atom stereocenters. The van der Waals surface area contributed by atoms with E-state index in [-0.39, 0.29) is 0 Å². The zero-order valence-corrected chi connectivity index (χ0v) is 12.0. The molecule has 1 saturated heterocycles. The van der Waals surface area contributed by atoms with Crippen LogP contribution in [0.15, 0.2) is 28.7 Å². The Hall–Kier alpha value is -1.17. The first-order valence-corrected chi connectivity index (χ1v) is 7.18. The first kappa shape index (κ1) is 12.8. The number of benzene rings is 1. The Bertz CT molecular complexity index is 631. The molecule has 0 radical (unpaired) electrons. The molecule has 100 valence electrons. The summed E-state index contributed by atoms with van der Waals surface area (Å²) in [5.41, 5.74) is 0.855. The van der Waals surface area contributed by atoms with Crippen LogP contribution in [0.25, 0.3) is 11.5 Å². The lowest BCUT2D eigenvalue weighted by Crippen LogP contribution is -3.09. The van der Waals surface area contributed by atoms with E-state index in [1.54, 1.807) is 4.68 Å². The van der Waals surface area contributed by atoms with Crippen LogP contribution in [0.2, 0.25) is 5.02 Å². The van der Waals surface area contributed by atoms with Crippen LogP contribution in [0.3, 0.4) is 0 Å². The second-order valence-electron chi connectivity index (χ2n) is 4.80. The molecule has 1 aliphatic rings. The molecule has 2 heterocycles. The van der Waals surface area contributed by atoms with Crippen molar-refractivity contribution in [3.63, 3.8) is 0 Å². The zero-order valence-electron chi connectivity index (χ0n) is 10.4. The fraction of sp³-hybridized carbons (Fsp3) is 0.385. The number of rotatable bonds is 3. The smallest absolute Gasteiger partial charge is 0.292 e. The van der Waals surface area contributed by atoms with Gasteiger partial charge in [0, 0.05) is 23.4 Å². The van der Waals surface area contributed by atoms with Crippen LogP contribution >= 0.6 is 23.8 Å². The van der Waals surface area contributed by atoms with Crippen LogP contribution < -0.4 is 4.90 Å². The first-order chi connectivity index (χ1) is 9.22. The highest BCUT2D eigenvalue weighted by molar-refractivity contribution is 7.71. The molecule has 4 nitrogen and oxygen atoms in total. The number of hydrogen-bond donors (Lipinski definition) is 1. The Labute approximate surface area is 121 Å². The molecule has 0 atom stereocenters. The van der Waals surface area contributed by atoms with E-state index in [9.17, 15) is 0 Å². The van der Waals surface area contributed by atoms with Crippen LogP contribution in [-0.2, 0) is 6.67 Å². The lowest BCUT2D eigenvalue weighted by atomic mass is 10.2. The van der Waals surface area contributed by atoms with Gasteiger partial charge < -0.3 is 9.32 Å². The van der Waals surface area contributed by atoms with Crippen molar-refractivity contribution in [1.29, 1.82) is 0 Å². The van der Waals surface area contributed by atoms with Gasteiger partial charge in [0.15, 0.2) is 6.67 Å². The zero-order chi connectivity index (χ0) is 13.2. The van der Waals surface area contributed by atoms with Crippen molar-refractivity contribution >= 4 is 23.8 Å². The molecule has 0 aliphatic carbocycles. The minimum atomic E-state index is 0.425. The summed E-state index contributed by atoms with van der Waals surface area (Å²) < 4.78 is 7.33. The molecule has 1 N–H and O–H groups in total. The standard InChI is InChI=1S/C13H14ClN3OS/c14-11-5-3-4-10(8-11)12-15-17(13(19)18-12)9-16-6-1-2-7-16/h3-5,8H,1-2,6-7,9H2/p+1. The number of nitrogens with zero attached hydrogens (tertiary/aromatic N) is 2. The quantitative estimate of drug-likeness (QED) is 0.882. The van der Waals surface area contributed by atoms with Gasteiger partial charge in [-0.25, -0.2) is 0 Å². The van der Waals surface area contributed by atoms with Gasteiger partial charge in [-0.3, -0.25) is 0 Å². The van der Waals surface area contributed by atoms with Crippen molar-refractivity contribution in [3.8, 4) is 11.5 Å². The number of nitrogens with one attached hydrogen (secondary N) is 1. The predicted molar refractivity (Wildman–Crippen MR) is 75.7 cm³/mol. The van der Waals surface area contributed by atoms with Gasteiger partial charge in [0.2, 0.25) is 5.89 Å². The summed E-state index contributed by atoms with van der Waals surface area (Å²) in [6.07, 6.45) is 2.56. The number of likely N-dealkylation sites (tertiary alicyclic amines) is 1. The molecule has 0 spiro atoms. The van der Waals surface area contributed by atoms with Crippen LogP contribution in [0.1, 0.15) is 12.8 Å². The second-order valence-corrected chi connectivity index (χ2v) is 5.58. The molecule has 0 saturated carbocycles. The second kappa shape index (κ2) is 5.45. The number of quaternary nitrogens is 1. The Morgan fingerprint density at radius 1 is 1.37 bits per heavy atom. The van der Waals surface area contributed by atoms with E-state index in [0.29, 0.717) is 15.8 Å². The molecule has 1 aromatic carbocycles. The molecule has 3 rings (SSSR count). The molecule has 1 aliphatic heterocycles. The maximum absolute atomic E-state index is 5.97. The fourth-order valence-corrected chi connectivity index (χ4v) is 2.76. The lowest BCUT2D eigenvalue weighted by Gasteiger charge is -2.10. The molecule has 1 aromatic heterocycles. The molecule has 0 amide bonds. The number of aromatic nitrogens is 2. The third-order valence-electron chi connectivity index (χ3n) is 3.36. The first-order valence-electron chi connectivity index (χ1n) is 6.40. The topological polar surface area (TPSA) is 35.4 Å². The van der Waals surface area contributed by atoms with E-state index in [1.807, 2.05) is 24.3 Å². The van der Waals surface area contributed by atoms with Gasteiger partial charge >= 0.3 is 0 Å². The highest BCUT2D eigenvalue weighted by Gasteiger charge is 2.18. The highest BCUT2D eigenvalue weighted by atomic mass is 35.5. The Morgan fingerprint density at radius 3 is 2.89 bits per heavy atom. The van der Waals surface area contributed by atoms with E-state index in [2.05, 4.69) is 5.10 Å². The van der Waals surface area contributed by atoms with Crippen LogP contribution in [0.4, 0.5) is 0 Å². The normalized spacial score (nSPS) is 16.1. The maximum Gasteiger partial charge on any atom is 0.292 e. The largest absolute Gasteiger partial charge is 0.409 e. The van der Waals surface area contributed by atoms with Crippen LogP contribution in [-0.4, -0.2) is 22.9 Å². The summed E-state index contributed by atoms with van der Waals surface area (Å²) in [4.78, 5) is 1.93. The van der Waals surface area contributed by atoms with Gasteiger partial charge in [0.05, 0.1) is 13.1 Å². The monoisotopic (exact) mass is 296 g/mol. The van der Waals surface area contributed by atoms with Crippen LogP contribution in [0, 0.1) is 4.84 Å². The Balaban J connectivity index is 1.86. The molecule has 2 aromatic rings. The Morgan fingerprint density at radius 2 is 2.16 bits per heavy atom. The van der Waals surface area contributed by atoms with Crippen LogP contribution in [0.5, 0.6) is 0 Å². The van der Waals surface area contributed by atoms with Crippen molar-refractivity contribution in [2.75, 3.05) is 13.1 Å². The average Bonchev–Trinajstić information content (AvgIpc) is 3.01. The predicted octanol–water partition coefficient (Wildman–Crippen LogP) is 2.16. The van der Waals surface area contributed by atoms with Gasteiger partial charge in [-0.05, 0) is 30.4 Å². The van der Waals surface area contributed by atoms with Crippen molar-refractivity contribution < 1.29 is 9.32 Å². The molecule has 6 heteroatoms. The van der Waals surface area contributed by atoms with E-state index >= 15 is 0 Å². The lowest BCUT2D eigenvalue weighted by molar-refractivity contribution is -0.911. The molecule has 0 bridgehead atoms. The van der Waals surface area contributed by atoms with Crippen molar-refractivity contribution in [2.45, 2.75) is 19.5 Å². The van der Waals surface area contributed by atoms with E-state index in [4.69, 9.17) is 28.2 Å². The minimum Gasteiger partial charge on any atom is -0.409 e.